The van der Waals surface area contributed by atoms with Crippen molar-refractivity contribution < 1.29 is 14.3 Å². The Morgan fingerprint density at radius 1 is 1.47 bits per heavy atom. The van der Waals surface area contributed by atoms with Crippen LogP contribution < -0.4 is 0 Å². The molecule has 0 amide bonds. The van der Waals surface area contributed by atoms with E-state index in [4.69, 9.17) is 21.1 Å². The van der Waals surface area contributed by atoms with Crippen molar-refractivity contribution in [1.29, 1.82) is 0 Å². The van der Waals surface area contributed by atoms with Gasteiger partial charge in [0.25, 0.3) is 0 Å². The van der Waals surface area contributed by atoms with E-state index in [1.165, 1.54) is 6.20 Å². The molecule has 0 aliphatic carbocycles. The first kappa shape index (κ1) is 12.3. The lowest BCUT2D eigenvalue weighted by Crippen LogP contribution is -2.21. The van der Waals surface area contributed by atoms with Crippen LogP contribution in [0.15, 0.2) is 18.3 Å². The number of ether oxygens (including phenoxy) is 2. The molecule has 2 rings (SSSR count). The molecule has 0 saturated carbocycles. The van der Waals surface area contributed by atoms with Crippen LogP contribution in [-0.2, 0) is 9.47 Å². The van der Waals surface area contributed by atoms with Crippen molar-refractivity contribution in [1.82, 2.24) is 4.98 Å². The predicted octanol–water partition coefficient (Wildman–Crippen LogP) is 2.32. The van der Waals surface area contributed by atoms with Gasteiger partial charge in [0.1, 0.15) is 5.15 Å². The van der Waals surface area contributed by atoms with Crippen molar-refractivity contribution in [3.05, 3.63) is 29.0 Å². The van der Waals surface area contributed by atoms with E-state index in [1.54, 1.807) is 12.1 Å². The third kappa shape index (κ3) is 3.68. The third-order valence-electron chi connectivity index (χ3n) is 2.75. The van der Waals surface area contributed by atoms with E-state index in [1.807, 2.05) is 0 Å². The molecule has 1 aromatic rings. The molecular weight excluding hydrogens is 242 g/mol. The first-order chi connectivity index (χ1) is 8.25. The zero-order chi connectivity index (χ0) is 12.1. The number of pyridine rings is 1. The van der Waals surface area contributed by atoms with Gasteiger partial charge < -0.3 is 9.47 Å². The Morgan fingerprint density at radius 3 is 2.88 bits per heavy atom. The van der Waals surface area contributed by atoms with Crippen molar-refractivity contribution in [3.8, 4) is 0 Å². The Labute approximate surface area is 105 Å². The summed E-state index contributed by atoms with van der Waals surface area (Å²) >= 11 is 5.64. The summed E-state index contributed by atoms with van der Waals surface area (Å²) in [6.45, 7) is 1.96. The lowest BCUT2D eigenvalue weighted by Gasteiger charge is -2.21. The second kappa shape index (κ2) is 5.98. The Hall–Kier alpha value is -1.13. The maximum atomic E-state index is 11.7. The summed E-state index contributed by atoms with van der Waals surface area (Å²) in [5.74, 6) is 0.0635. The standard InChI is InChI=1S/C12H14ClNO3/c13-11-2-1-10(7-14-11)12(15)17-8-9-3-5-16-6-4-9/h1-2,7,9H,3-6,8H2. The Bertz CT molecular complexity index is 374. The Kier molecular flexibility index (Phi) is 4.34. The molecule has 1 fully saturated rings. The first-order valence-corrected chi connectivity index (χ1v) is 6.00. The van der Waals surface area contributed by atoms with Gasteiger partial charge in [-0.2, -0.15) is 0 Å². The highest BCUT2D eigenvalue weighted by Crippen LogP contribution is 2.15. The van der Waals surface area contributed by atoms with E-state index >= 15 is 0 Å². The molecule has 92 valence electrons. The lowest BCUT2D eigenvalue weighted by atomic mass is 10.0. The van der Waals surface area contributed by atoms with E-state index in [0.29, 0.717) is 23.2 Å². The number of hydrogen-bond donors (Lipinski definition) is 0. The largest absolute Gasteiger partial charge is 0.462 e. The van der Waals surface area contributed by atoms with Crippen molar-refractivity contribution in [3.63, 3.8) is 0 Å². The van der Waals surface area contributed by atoms with E-state index < -0.39 is 0 Å². The van der Waals surface area contributed by atoms with Crippen molar-refractivity contribution in [2.24, 2.45) is 5.92 Å². The summed E-state index contributed by atoms with van der Waals surface area (Å²) in [5.41, 5.74) is 0.432. The molecule has 0 atom stereocenters. The van der Waals surface area contributed by atoms with E-state index in [9.17, 15) is 4.79 Å². The smallest absolute Gasteiger partial charge is 0.339 e. The number of carbonyl (C=O) groups excluding carboxylic acids is 1. The van der Waals surface area contributed by atoms with Gasteiger partial charge in [0.15, 0.2) is 0 Å². The first-order valence-electron chi connectivity index (χ1n) is 5.62. The fraction of sp³-hybridized carbons (Fsp3) is 0.500. The minimum atomic E-state index is -0.347. The van der Waals surface area contributed by atoms with Gasteiger partial charge in [-0.15, -0.1) is 0 Å². The van der Waals surface area contributed by atoms with Gasteiger partial charge in [-0.25, -0.2) is 9.78 Å². The van der Waals surface area contributed by atoms with E-state index in [0.717, 1.165) is 26.1 Å². The average Bonchev–Trinajstić information content (AvgIpc) is 2.38. The van der Waals surface area contributed by atoms with Gasteiger partial charge in [-0.1, -0.05) is 11.6 Å². The molecule has 17 heavy (non-hydrogen) atoms. The Morgan fingerprint density at radius 2 is 2.24 bits per heavy atom. The molecule has 0 spiro atoms. The van der Waals surface area contributed by atoms with Crippen LogP contribution >= 0.6 is 11.6 Å². The van der Waals surface area contributed by atoms with Crippen LogP contribution in [-0.4, -0.2) is 30.8 Å². The zero-order valence-electron chi connectivity index (χ0n) is 9.39. The molecule has 0 unspecified atom stereocenters. The summed E-state index contributed by atoms with van der Waals surface area (Å²) < 4.78 is 10.5. The van der Waals surface area contributed by atoms with Gasteiger partial charge in [-0.3, -0.25) is 0 Å². The van der Waals surface area contributed by atoms with Crippen LogP contribution in [0, 0.1) is 5.92 Å². The molecule has 0 radical (unpaired) electrons. The maximum Gasteiger partial charge on any atom is 0.339 e. The van der Waals surface area contributed by atoms with Crippen molar-refractivity contribution in [2.45, 2.75) is 12.8 Å². The lowest BCUT2D eigenvalue weighted by molar-refractivity contribution is 0.0185. The molecule has 1 aliphatic heterocycles. The fourth-order valence-electron chi connectivity index (χ4n) is 1.69. The number of carbonyl (C=O) groups is 1. The van der Waals surface area contributed by atoms with Crippen molar-refractivity contribution in [2.75, 3.05) is 19.8 Å². The molecule has 1 saturated heterocycles. The van der Waals surface area contributed by atoms with E-state index in [-0.39, 0.29) is 5.97 Å². The molecule has 5 heteroatoms. The number of halogens is 1. The summed E-state index contributed by atoms with van der Waals surface area (Å²) in [6.07, 6.45) is 3.33. The van der Waals surface area contributed by atoms with Gasteiger partial charge >= 0.3 is 5.97 Å². The Balaban J connectivity index is 1.82. The van der Waals surface area contributed by atoms with Gasteiger partial charge in [0, 0.05) is 19.4 Å². The number of aromatic nitrogens is 1. The SMILES string of the molecule is O=C(OCC1CCOCC1)c1ccc(Cl)nc1. The average molecular weight is 256 g/mol. The van der Waals surface area contributed by atoms with Gasteiger partial charge in [0.05, 0.1) is 12.2 Å². The third-order valence-corrected chi connectivity index (χ3v) is 2.98. The molecule has 2 heterocycles. The highest BCUT2D eigenvalue weighted by Gasteiger charge is 2.16. The molecule has 1 aromatic heterocycles. The minimum absolute atomic E-state index is 0.347. The quantitative estimate of drug-likeness (QED) is 0.614. The zero-order valence-corrected chi connectivity index (χ0v) is 10.2. The monoisotopic (exact) mass is 255 g/mol. The summed E-state index contributed by atoms with van der Waals surface area (Å²) in [5, 5.41) is 0.367. The molecule has 0 aromatic carbocycles. The van der Waals surface area contributed by atoms with Gasteiger partial charge in [0.2, 0.25) is 0 Å². The number of hydrogen-bond acceptors (Lipinski definition) is 4. The van der Waals surface area contributed by atoms with Crippen LogP contribution in [0.4, 0.5) is 0 Å². The fourth-order valence-corrected chi connectivity index (χ4v) is 1.80. The van der Waals surface area contributed by atoms with Crippen LogP contribution in [0.2, 0.25) is 5.15 Å². The molecule has 1 aliphatic rings. The second-order valence-corrected chi connectivity index (χ2v) is 4.41. The predicted molar refractivity (Wildman–Crippen MR) is 63.1 cm³/mol. The topological polar surface area (TPSA) is 48.4 Å². The van der Waals surface area contributed by atoms with Crippen LogP contribution in [0.1, 0.15) is 23.2 Å². The molecule has 4 nitrogen and oxygen atoms in total. The highest BCUT2D eigenvalue weighted by atomic mass is 35.5. The van der Waals surface area contributed by atoms with Gasteiger partial charge in [-0.05, 0) is 30.9 Å². The van der Waals surface area contributed by atoms with Crippen LogP contribution in [0.5, 0.6) is 0 Å². The maximum absolute atomic E-state index is 11.7. The number of esters is 1. The normalized spacial score (nSPS) is 16.8. The summed E-state index contributed by atoms with van der Waals surface area (Å²) in [7, 11) is 0. The summed E-state index contributed by atoms with van der Waals surface area (Å²) in [6, 6.07) is 3.19. The van der Waals surface area contributed by atoms with Crippen molar-refractivity contribution >= 4 is 17.6 Å². The summed E-state index contributed by atoms with van der Waals surface area (Å²) in [4.78, 5) is 15.5. The number of nitrogens with zero attached hydrogens (tertiary/aromatic N) is 1. The minimum Gasteiger partial charge on any atom is -0.462 e. The highest BCUT2D eigenvalue weighted by molar-refractivity contribution is 6.29. The second-order valence-electron chi connectivity index (χ2n) is 4.02. The number of rotatable bonds is 3. The van der Waals surface area contributed by atoms with E-state index in [2.05, 4.69) is 4.98 Å². The van der Waals surface area contributed by atoms with Crippen LogP contribution in [0.25, 0.3) is 0 Å². The van der Waals surface area contributed by atoms with Crippen LogP contribution in [0.3, 0.4) is 0 Å². The molecule has 0 bridgehead atoms. The molecular formula is C12H14ClNO3. The molecule has 0 N–H and O–H groups in total.